The maximum atomic E-state index is 5.98. The van der Waals surface area contributed by atoms with E-state index < -0.39 is 0 Å². The largest absolute Gasteiger partial charge is 0.326 e. The van der Waals surface area contributed by atoms with Crippen LogP contribution in [0.15, 0.2) is 36.4 Å². The highest BCUT2D eigenvalue weighted by Gasteiger charge is 2.16. The van der Waals surface area contributed by atoms with Crippen LogP contribution in [-0.4, -0.2) is 11.5 Å². The summed E-state index contributed by atoms with van der Waals surface area (Å²) < 4.78 is 0. The van der Waals surface area contributed by atoms with Crippen molar-refractivity contribution in [1.29, 1.82) is 0 Å². The molecular weight excluding hydrogens is 258 g/mol. The summed E-state index contributed by atoms with van der Waals surface area (Å²) in [5.74, 6) is 1.01. The van der Waals surface area contributed by atoms with Gasteiger partial charge in [0.2, 0.25) is 0 Å². The summed E-state index contributed by atoms with van der Waals surface area (Å²) in [7, 11) is 0. The molecule has 0 bridgehead atoms. The van der Waals surface area contributed by atoms with Crippen LogP contribution in [0, 0.1) is 13.8 Å². The molecule has 0 saturated carbocycles. The predicted octanol–water partition coefficient (Wildman–Crippen LogP) is 4.10. The number of aromatic nitrogens is 1. The second kappa shape index (κ2) is 7.23. The van der Waals surface area contributed by atoms with Crippen molar-refractivity contribution >= 4 is 11.5 Å². The number of nitrogens with two attached hydrogens (primary N) is 1. The topological polar surface area (TPSA) is 42.2 Å². The molecule has 0 atom stereocenters. The molecular formula is C18H25N3. The first-order chi connectivity index (χ1) is 10.2. The normalized spacial score (nSPS) is 10.7. The molecule has 21 heavy (non-hydrogen) atoms. The second-order valence-corrected chi connectivity index (χ2v) is 5.43. The minimum Gasteiger partial charge on any atom is -0.326 e. The summed E-state index contributed by atoms with van der Waals surface area (Å²) in [6.07, 6.45) is 2.29. The van der Waals surface area contributed by atoms with Crippen molar-refractivity contribution in [2.24, 2.45) is 5.73 Å². The highest BCUT2D eigenvalue weighted by Crippen LogP contribution is 2.29. The highest BCUT2D eigenvalue weighted by molar-refractivity contribution is 5.64. The Labute approximate surface area is 127 Å². The summed E-state index contributed by atoms with van der Waals surface area (Å²) in [5, 5.41) is 0. The number of aryl methyl sites for hydroxylation is 2. The van der Waals surface area contributed by atoms with E-state index in [4.69, 9.17) is 10.7 Å². The quantitative estimate of drug-likeness (QED) is 0.868. The Balaban J connectivity index is 2.51. The molecule has 0 aliphatic heterocycles. The number of hydrogen-bond acceptors (Lipinski definition) is 3. The molecule has 3 nitrogen and oxygen atoms in total. The zero-order chi connectivity index (χ0) is 15.2. The number of rotatable bonds is 6. The van der Waals surface area contributed by atoms with Crippen molar-refractivity contribution in [1.82, 2.24) is 4.98 Å². The fraction of sp³-hybridized carbons (Fsp3) is 0.389. The van der Waals surface area contributed by atoms with E-state index in [1.165, 1.54) is 11.3 Å². The van der Waals surface area contributed by atoms with Gasteiger partial charge in [-0.2, -0.15) is 0 Å². The third-order valence-electron chi connectivity index (χ3n) is 3.72. The van der Waals surface area contributed by atoms with Gasteiger partial charge in [0, 0.05) is 30.0 Å². The Morgan fingerprint density at radius 1 is 1.14 bits per heavy atom. The zero-order valence-electron chi connectivity index (χ0n) is 13.3. The minimum absolute atomic E-state index is 0.518. The van der Waals surface area contributed by atoms with Crippen molar-refractivity contribution in [3.63, 3.8) is 0 Å². The lowest BCUT2D eigenvalue weighted by Crippen LogP contribution is -2.22. The van der Waals surface area contributed by atoms with Crippen LogP contribution < -0.4 is 10.6 Å². The van der Waals surface area contributed by atoms with Crippen LogP contribution in [0.4, 0.5) is 11.5 Å². The number of para-hydroxylation sites is 1. The number of nitrogens with zero attached hydrogens (tertiary/aromatic N) is 2. The van der Waals surface area contributed by atoms with Gasteiger partial charge >= 0.3 is 0 Å². The Kier molecular flexibility index (Phi) is 5.34. The van der Waals surface area contributed by atoms with Gasteiger partial charge in [-0.05, 0) is 44.0 Å². The van der Waals surface area contributed by atoms with Gasteiger partial charge in [-0.1, -0.05) is 31.5 Å². The predicted molar refractivity (Wildman–Crippen MR) is 90.0 cm³/mol. The van der Waals surface area contributed by atoms with Crippen LogP contribution in [-0.2, 0) is 6.54 Å². The van der Waals surface area contributed by atoms with Crippen molar-refractivity contribution in [3.05, 3.63) is 53.2 Å². The van der Waals surface area contributed by atoms with Crippen LogP contribution in [0.25, 0.3) is 0 Å². The van der Waals surface area contributed by atoms with Crippen LogP contribution in [0.2, 0.25) is 0 Å². The minimum atomic E-state index is 0.518. The van der Waals surface area contributed by atoms with E-state index in [-0.39, 0.29) is 0 Å². The average molecular weight is 283 g/mol. The van der Waals surface area contributed by atoms with E-state index in [1.807, 2.05) is 13.0 Å². The summed E-state index contributed by atoms with van der Waals surface area (Å²) in [4.78, 5) is 7.08. The molecule has 2 rings (SSSR count). The number of benzene rings is 1. The Morgan fingerprint density at radius 2 is 1.86 bits per heavy atom. The van der Waals surface area contributed by atoms with Crippen LogP contribution in [0.1, 0.15) is 36.6 Å². The van der Waals surface area contributed by atoms with E-state index in [0.29, 0.717) is 6.54 Å². The second-order valence-electron chi connectivity index (χ2n) is 5.43. The number of anilines is 2. The van der Waals surface area contributed by atoms with Gasteiger partial charge in [-0.15, -0.1) is 0 Å². The Hall–Kier alpha value is -1.87. The van der Waals surface area contributed by atoms with Gasteiger partial charge < -0.3 is 10.6 Å². The molecule has 0 amide bonds. The molecule has 0 aliphatic rings. The maximum Gasteiger partial charge on any atom is 0.138 e. The summed E-state index contributed by atoms with van der Waals surface area (Å²) in [6, 6.07) is 12.6. The number of hydrogen-bond donors (Lipinski definition) is 1. The lowest BCUT2D eigenvalue weighted by atomic mass is 10.1. The van der Waals surface area contributed by atoms with Gasteiger partial charge in [-0.25, -0.2) is 4.98 Å². The van der Waals surface area contributed by atoms with Gasteiger partial charge in [0.15, 0.2) is 0 Å². The summed E-state index contributed by atoms with van der Waals surface area (Å²) in [5.41, 5.74) is 10.6. The highest BCUT2D eigenvalue weighted by atomic mass is 15.2. The molecule has 2 N–H and O–H groups in total. The molecule has 2 aromatic rings. The van der Waals surface area contributed by atoms with Gasteiger partial charge in [0.05, 0.1) is 0 Å². The van der Waals surface area contributed by atoms with Crippen molar-refractivity contribution in [3.8, 4) is 0 Å². The fourth-order valence-corrected chi connectivity index (χ4v) is 2.60. The molecule has 0 unspecified atom stereocenters. The molecule has 0 saturated heterocycles. The number of pyridine rings is 1. The molecule has 0 radical (unpaired) electrons. The van der Waals surface area contributed by atoms with Gasteiger partial charge in [0.25, 0.3) is 0 Å². The third kappa shape index (κ3) is 3.61. The van der Waals surface area contributed by atoms with E-state index in [2.05, 4.69) is 49.1 Å². The van der Waals surface area contributed by atoms with E-state index in [9.17, 15) is 0 Å². The average Bonchev–Trinajstić information content (AvgIpc) is 2.48. The van der Waals surface area contributed by atoms with Gasteiger partial charge in [-0.3, -0.25) is 0 Å². The third-order valence-corrected chi connectivity index (χ3v) is 3.72. The molecule has 1 aromatic heterocycles. The zero-order valence-corrected chi connectivity index (χ0v) is 13.3. The van der Waals surface area contributed by atoms with E-state index in [0.717, 1.165) is 36.5 Å². The maximum absolute atomic E-state index is 5.98. The molecule has 0 fully saturated rings. The monoisotopic (exact) mass is 283 g/mol. The molecule has 112 valence electrons. The van der Waals surface area contributed by atoms with Crippen molar-refractivity contribution in [2.75, 3.05) is 11.4 Å². The Bertz CT molecular complexity index is 579. The lowest BCUT2D eigenvalue weighted by molar-refractivity contribution is 0.773. The van der Waals surface area contributed by atoms with Crippen LogP contribution in [0.5, 0.6) is 0 Å². The molecule has 0 aliphatic carbocycles. The van der Waals surface area contributed by atoms with Crippen molar-refractivity contribution in [2.45, 2.75) is 40.2 Å². The smallest absolute Gasteiger partial charge is 0.138 e. The molecule has 3 heteroatoms. The number of unbranched alkanes of at least 4 members (excludes halogenated alkanes) is 1. The first-order valence-electron chi connectivity index (χ1n) is 7.67. The lowest BCUT2D eigenvalue weighted by Gasteiger charge is -2.27. The molecule has 1 heterocycles. The van der Waals surface area contributed by atoms with Crippen LogP contribution in [0.3, 0.4) is 0 Å². The summed E-state index contributed by atoms with van der Waals surface area (Å²) in [6.45, 7) is 7.85. The fourth-order valence-electron chi connectivity index (χ4n) is 2.60. The molecule has 0 spiro atoms. The van der Waals surface area contributed by atoms with E-state index >= 15 is 0 Å². The standard InChI is InChI=1S/C18H25N3/c1-4-5-11-21(16-9-7-6-8-10-16)18-17(13-19)14(2)12-15(3)20-18/h6-10,12H,4-5,11,13,19H2,1-3H3. The SMILES string of the molecule is CCCCN(c1ccccc1)c1nc(C)cc(C)c1CN. The first kappa shape index (κ1) is 15.5. The van der Waals surface area contributed by atoms with E-state index in [1.54, 1.807) is 0 Å². The van der Waals surface area contributed by atoms with Gasteiger partial charge in [0.1, 0.15) is 5.82 Å². The van der Waals surface area contributed by atoms with Crippen LogP contribution >= 0.6 is 0 Å². The van der Waals surface area contributed by atoms with Crippen molar-refractivity contribution < 1.29 is 0 Å². The Morgan fingerprint density at radius 3 is 2.48 bits per heavy atom. The first-order valence-corrected chi connectivity index (χ1v) is 7.67. The molecule has 1 aromatic carbocycles. The summed E-state index contributed by atoms with van der Waals surface area (Å²) >= 11 is 0.